The van der Waals surface area contributed by atoms with Gasteiger partial charge in [0.2, 0.25) is 11.8 Å². The SMILES string of the molecule is CCC1SC(=S)N(CCCC(=O)NC2CCCCC2)C1=O. The van der Waals surface area contributed by atoms with E-state index in [0.717, 1.165) is 19.3 Å². The lowest BCUT2D eigenvalue weighted by Crippen LogP contribution is -2.37. The molecular weight excluding hydrogens is 304 g/mol. The third-order valence-corrected chi connectivity index (χ3v) is 5.88. The number of rotatable bonds is 6. The second-order valence-electron chi connectivity index (χ2n) is 5.78. The zero-order valence-corrected chi connectivity index (χ0v) is 14.2. The van der Waals surface area contributed by atoms with Gasteiger partial charge in [-0.3, -0.25) is 14.5 Å². The first-order chi connectivity index (χ1) is 10.1. The van der Waals surface area contributed by atoms with E-state index in [-0.39, 0.29) is 17.1 Å². The smallest absolute Gasteiger partial charge is 0.241 e. The van der Waals surface area contributed by atoms with Crippen molar-refractivity contribution in [1.82, 2.24) is 10.2 Å². The number of hydrogen-bond acceptors (Lipinski definition) is 4. The van der Waals surface area contributed by atoms with E-state index in [2.05, 4.69) is 5.32 Å². The number of carbonyl (C=O) groups is 2. The Morgan fingerprint density at radius 1 is 1.38 bits per heavy atom. The van der Waals surface area contributed by atoms with Crippen molar-refractivity contribution in [2.24, 2.45) is 0 Å². The number of thioether (sulfide) groups is 1. The standard InChI is InChI=1S/C15H24N2O2S2/c1-2-12-14(19)17(15(20)21-12)10-6-9-13(18)16-11-7-4-3-5-8-11/h11-12H,2-10H2,1H3,(H,16,18). The molecule has 4 nitrogen and oxygen atoms in total. The van der Waals surface area contributed by atoms with E-state index in [0.29, 0.717) is 29.7 Å². The number of nitrogens with one attached hydrogen (secondary N) is 1. The summed E-state index contributed by atoms with van der Waals surface area (Å²) in [5.41, 5.74) is 0. The molecule has 1 saturated carbocycles. The topological polar surface area (TPSA) is 49.4 Å². The minimum absolute atomic E-state index is 0.0198. The van der Waals surface area contributed by atoms with Crippen molar-refractivity contribution in [3.8, 4) is 0 Å². The van der Waals surface area contributed by atoms with Gasteiger partial charge < -0.3 is 5.32 Å². The second-order valence-corrected chi connectivity index (χ2v) is 7.61. The molecular formula is C15H24N2O2S2. The summed E-state index contributed by atoms with van der Waals surface area (Å²) in [6, 6.07) is 0.362. The molecule has 2 rings (SSSR count). The maximum absolute atomic E-state index is 12.1. The summed E-state index contributed by atoms with van der Waals surface area (Å²) in [5.74, 6) is 0.222. The van der Waals surface area contributed by atoms with Crippen molar-refractivity contribution in [2.45, 2.75) is 69.6 Å². The normalized spacial score (nSPS) is 23.7. The number of thiocarbonyl (C=S) groups is 1. The minimum atomic E-state index is -0.0198. The van der Waals surface area contributed by atoms with E-state index >= 15 is 0 Å². The highest BCUT2D eigenvalue weighted by molar-refractivity contribution is 8.24. The fourth-order valence-electron chi connectivity index (χ4n) is 2.90. The van der Waals surface area contributed by atoms with Crippen molar-refractivity contribution in [1.29, 1.82) is 0 Å². The first-order valence-electron chi connectivity index (χ1n) is 7.93. The van der Waals surface area contributed by atoms with E-state index in [4.69, 9.17) is 12.2 Å². The van der Waals surface area contributed by atoms with Gasteiger partial charge in [0.25, 0.3) is 0 Å². The molecule has 118 valence electrons. The van der Waals surface area contributed by atoms with Gasteiger partial charge in [0.15, 0.2) is 0 Å². The average molecular weight is 329 g/mol. The Balaban J connectivity index is 1.67. The first-order valence-corrected chi connectivity index (χ1v) is 9.22. The Morgan fingerprint density at radius 3 is 2.71 bits per heavy atom. The molecule has 0 aromatic heterocycles. The summed E-state index contributed by atoms with van der Waals surface area (Å²) in [7, 11) is 0. The van der Waals surface area contributed by atoms with Gasteiger partial charge in [-0.2, -0.15) is 0 Å². The van der Waals surface area contributed by atoms with Crippen LogP contribution in [-0.4, -0.2) is 38.9 Å². The zero-order chi connectivity index (χ0) is 15.2. The predicted octanol–water partition coefficient (Wildman–Crippen LogP) is 2.85. The Bertz CT molecular complexity index is 408. The lowest BCUT2D eigenvalue weighted by Gasteiger charge is -2.23. The molecule has 2 aliphatic rings. The summed E-state index contributed by atoms with van der Waals surface area (Å²) in [4.78, 5) is 25.6. The Morgan fingerprint density at radius 2 is 2.10 bits per heavy atom. The molecule has 2 fully saturated rings. The first kappa shape index (κ1) is 16.7. The molecule has 1 saturated heterocycles. The molecule has 1 heterocycles. The van der Waals surface area contributed by atoms with Gasteiger partial charge in [0.1, 0.15) is 4.32 Å². The maximum atomic E-state index is 12.1. The van der Waals surface area contributed by atoms with Crippen LogP contribution in [0.5, 0.6) is 0 Å². The number of nitrogens with zero attached hydrogens (tertiary/aromatic N) is 1. The quantitative estimate of drug-likeness (QED) is 0.762. The van der Waals surface area contributed by atoms with Gasteiger partial charge in [-0.1, -0.05) is 50.2 Å². The summed E-state index contributed by atoms with van der Waals surface area (Å²) < 4.78 is 0.666. The number of carbonyl (C=O) groups excluding carboxylic acids is 2. The fraction of sp³-hybridized carbons (Fsp3) is 0.800. The van der Waals surface area contributed by atoms with Crippen LogP contribution in [0.3, 0.4) is 0 Å². The van der Waals surface area contributed by atoms with Gasteiger partial charge >= 0.3 is 0 Å². The Kier molecular flexibility index (Phi) is 6.48. The average Bonchev–Trinajstić information content (AvgIpc) is 2.75. The molecule has 2 amide bonds. The molecule has 0 spiro atoms. The highest BCUT2D eigenvalue weighted by Gasteiger charge is 2.35. The summed E-state index contributed by atoms with van der Waals surface area (Å²) in [6.07, 6.45) is 7.91. The molecule has 1 unspecified atom stereocenters. The summed E-state index contributed by atoms with van der Waals surface area (Å²) in [6.45, 7) is 2.57. The number of amides is 2. The molecule has 1 aliphatic heterocycles. The predicted molar refractivity (Wildman–Crippen MR) is 90.2 cm³/mol. The highest BCUT2D eigenvalue weighted by Crippen LogP contribution is 2.29. The van der Waals surface area contributed by atoms with Crippen LogP contribution < -0.4 is 5.32 Å². The molecule has 1 atom stereocenters. The minimum Gasteiger partial charge on any atom is -0.353 e. The van der Waals surface area contributed by atoms with Crippen LogP contribution >= 0.6 is 24.0 Å². The van der Waals surface area contributed by atoms with E-state index in [1.807, 2.05) is 6.92 Å². The third kappa shape index (κ3) is 4.68. The molecule has 1 aliphatic carbocycles. The zero-order valence-electron chi connectivity index (χ0n) is 12.6. The van der Waals surface area contributed by atoms with Gasteiger partial charge in [-0.15, -0.1) is 0 Å². The van der Waals surface area contributed by atoms with Gasteiger partial charge in [-0.25, -0.2) is 0 Å². The van der Waals surface area contributed by atoms with E-state index in [9.17, 15) is 9.59 Å². The van der Waals surface area contributed by atoms with Gasteiger partial charge in [0.05, 0.1) is 5.25 Å². The van der Waals surface area contributed by atoms with Crippen LogP contribution in [0.1, 0.15) is 58.3 Å². The molecule has 0 aromatic rings. The van der Waals surface area contributed by atoms with Crippen LogP contribution in [-0.2, 0) is 9.59 Å². The van der Waals surface area contributed by atoms with Crippen molar-refractivity contribution in [2.75, 3.05) is 6.54 Å². The molecule has 21 heavy (non-hydrogen) atoms. The molecule has 1 N–H and O–H groups in total. The van der Waals surface area contributed by atoms with E-state index < -0.39 is 0 Å². The molecule has 6 heteroatoms. The lowest BCUT2D eigenvalue weighted by molar-refractivity contribution is -0.127. The fourth-order valence-corrected chi connectivity index (χ4v) is 4.38. The largest absolute Gasteiger partial charge is 0.353 e. The van der Waals surface area contributed by atoms with Crippen molar-refractivity contribution >= 4 is 40.1 Å². The maximum Gasteiger partial charge on any atom is 0.241 e. The molecule has 0 aromatic carbocycles. The van der Waals surface area contributed by atoms with Crippen molar-refractivity contribution in [3.63, 3.8) is 0 Å². The van der Waals surface area contributed by atoms with Crippen molar-refractivity contribution < 1.29 is 9.59 Å². The van der Waals surface area contributed by atoms with Crippen LogP contribution in [0.2, 0.25) is 0 Å². The van der Waals surface area contributed by atoms with Crippen LogP contribution in [0, 0.1) is 0 Å². The lowest BCUT2D eigenvalue weighted by atomic mass is 9.95. The van der Waals surface area contributed by atoms with Crippen LogP contribution in [0.15, 0.2) is 0 Å². The third-order valence-electron chi connectivity index (χ3n) is 4.13. The summed E-state index contributed by atoms with van der Waals surface area (Å²) in [5, 5.41) is 3.09. The second kappa shape index (κ2) is 8.13. The monoisotopic (exact) mass is 328 g/mol. The Hall–Kier alpha value is -0.620. The number of hydrogen-bond donors (Lipinski definition) is 1. The van der Waals surface area contributed by atoms with Gasteiger partial charge in [-0.05, 0) is 25.7 Å². The molecule has 0 radical (unpaired) electrons. The van der Waals surface area contributed by atoms with E-state index in [1.54, 1.807) is 4.90 Å². The van der Waals surface area contributed by atoms with Gasteiger partial charge in [0, 0.05) is 19.0 Å². The molecule has 0 bridgehead atoms. The highest BCUT2D eigenvalue weighted by atomic mass is 32.2. The van der Waals surface area contributed by atoms with Crippen LogP contribution in [0.25, 0.3) is 0 Å². The van der Waals surface area contributed by atoms with Crippen molar-refractivity contribution in [3.05, 3.63) is 0 Å². The van der Waals surface area contributed by atoms with Crippen LogP contribution in [0.4, 0.5) is 0 Å². The van der Waals surface area contributed by atoms with E-state index in [1.165, 1.54) is 31.0 Å². The Labute approximate surface area is 136 Å². The summed E-state index contributed by atoms with van der Waals surface area (Å²) >= 11 is 6.71.